The molecule has 1 heterocycles. The van der Waals surface area contributed by atoms with E-state index in [9.17, 15) is 0 Å². The van der Waals surface area contributed by atoms with Gasteiger partial charge in [-0.15, -0.1) is 0 Å². The van der Waals surface area contributed by atoms with Crippen molar-refractivity contribution in [3.63, 3.8) is 0 Å². The number of fused-ring (bicyclic) bond motifs is 8. The fourth-order valence-electron chi connectivity index (χ4n) is 11.7. The first kappa shape index (κ1) is 39.8. The van der Waals surface area contributed by atoms with Crippen LogP contribution in [0.15, 0.2) is 277 Å². The molecule has 0 unspecified atom stereocenters. The maximum Gasteiger partial charge on any atom is 0.179 e. The first-order chi connectivity index (χ1) is 33.8. The second-order valence-corrected chi connectivity index (χ2v) is 21.7. The SMILES string of the molecule is c1ccc(C2(c3ccccc3)c3ccccc3-c3c(N(c4ccc([Si](c5ccccc5)(c5ccccc5)c5ccccc5)cc4)c4cccc5ccc6c7ccccc7oc6c45)cccc32)cc1. The molecule has 0 amide bonds. The zero-order chi connectivity index (χ0) is 45.1. The molecular formula is C65H45NOSi. The van der Waals surface area contributed by atoms with Crippen molar-refractivity contribution in [2.75, 3.05) is 4.90 Å². The molecule has 68 heavy (non-hydrogen) atoms. The van der Waals surface area contributed by atoms with E-state index in [0.717, 1.165) is 49.8 Å². The summed E-state index contributed by atoms with van der Waals surface area (Å²) in [5.41, 5.74) is 11.9. The van der Waals surface area contributed by atoms with Crippen molar-refractivity contribution in [1.82, 2.24) is 0 Å². The summed E-state index contributed by atoms with van der Waals surface area (Å²) in [4.78, 5) is 2.51. The summed E-state index contributed by atoms with van der Waals surface area (Å²) in [6, 6.07) is 101. The quantitative estimate of drug-likeness (QED) is 0.106. The fourth-order valence-corrected chi connectivity index (χ4v) is 16.5. The van der Waals surface area contributed by atoms with Crippen molar-refractivity contribution < 1.29 is 4.42 Å². The van der Waals surface area contributed by atoms with Crippen molar-refractivity contribution >= 4 is 78.6 Å². The third-order valence-electron chi connectivity index (χ3n) is 14.5. The lowest BCUT2D eigenvalue weighted by Crippen LogP contribution is -2.74. The van der Waals surface area contributed by atoms with Crippen molar-refractivity contribution in [3.8, 4) is 11.1 Å². The van der Waals surface area contributed by atoms with Gasteiger partial charge < -0.3 is 9.32 Å². The van der Waals surface area contributed by atoms with E-state index in [-0.39, 0.29) is 0 Å². The minimum absolute atomic E-state index is 0.559. The minimum atomic E-state index is -2.81. The van der Waals surface area contributed by atoms with E-state index in [4.69, 9.17) is 4.42 Å². The molecule has 0 spiro atoms. The van der Waals surface area contributed by atoms with Crippen molar-refractivity contribution in [2.45, 2.75) is 5.41 Å². The van der Waals surface area contributed by atoms with Crippen molar-refractivity contribution in [1.29, 1.82) is 0 Å². The predicted octanol–water partition coefficient (Wildman–Crippen LogP) is 13.9. The Morgan fingerprint density at radius 3 is 1.49 bits per heavy atom. The zero-order valence-electron chi connectivity index (χ0n) is 37.3. The lowest BCUT2D eigenvalue weighted by Gasteiger charge is -2.35. The maximum atomic E-state index is 6.92. The van der Waals surface area contributed by atoms with Gasteiger partial charge in [0.15, 0.2) is 8.07 Å². The minimum Gasteiger partial charge on any atom is -0.455 e. The Labute approximate surface area is 397 Å². The summed E-state index contributed by atoms with van der Waals surface area (Å²) in [6.45, 7) is 0. The molecule has 0 saturated heterocycles. The first-order valence-corrected chi connectivity index (χ1v) is 25.5. The normalized spacial score (nSPS) is 12.8. The number of benzene rings is 11. The third-order valence-corrected chi connectivity index (χ3v) is 19.3. The highest BCUT2D eigenvalue weighted by molar-refractivity contribution is 7.19. The largest absolute Gasteiger partial charge is 0.455 e. The Balaban J connectivity index is 1.12. The lowest BCUT2D eigenvalue weighted by atomic mass is 9.68. The monoisotopic (exact) mass is 883 g/mol. The van der Waals surface area contributed by atoms with Crippen LogP contribution in [0.3, 0.4) is 0 Å². The molecule has 0 saturated carbocycles. The van der Waals surface area contributed by atoms with Crippen LogP contribution in [0.2, 0.25) is 0 Å². The van der Waals surface area contributed by atoms with Crippen LogP contribution in [0, 0.1) is 0 Å². The van der Waals surface area contributed by atoms with Gasteiger partial charge in [0, 0.05) is 27.4 Å². The molecule has 1 aromatic heterocycles. The molecule has 13 rings (SSSR count). The molecule has 1 aliphatic carbocycles. The Bertz CT molecular complexity index is 3640. The predicted molar refractivity (Wildman–Crippen MR) is 287 cm³/mol. The van der Waals surface area contributed by atoms with E-state index in [1.165, 1.54) is 54.1 Å². The van der Waals surface area contributed by atoms with Crippen molar-refractivity contribution in [3.05, 3.63) is 295 Å². The zero-order valence-corrected chi connectivity index (χ0v) is 38.3. The molecule has 0 N–H and O–H groups in total. The molecule has 2 nitrogen and oxygen atoms in total. The van der Waals surface area contributed by atoms with Crippen LogP contribution in [-0.4, -0.2) is 8.07 Å². The average molecular weight is 884 g/mol. The Hall–Kier alpha value is -8.50. The van der Waals surface area contributed by atoms with E-state index in [0.29, 0.717) is 0 Å². The molecule has 1 aliphatic rings. The van der Waals surface area contributed by atoms with Crippen molar-refractivity contribution in [2.24, 2.45) is 0 Å². The van der Waals surface area contributed by atoms with Crippen LogP contribution in [0.4, 0.5) is 17.1 Å². The molecule has 11 aromatic carbocycles. The molecule has 0 bridgehead atoms. The Morgan fingerprint density at radius 1 is 0.353 bits per heavy atom. The maximum absolute atomic E-state index is 6.92. The molecule has 320 valence electrons. The molecule has 0 atom stereocenters. The highest BCUT2D eigenvalue weighted by Crippen LogP contribution is 2.60. The average Bonchev–Trinajstić information content (AvgIpc) is 3.96. The van der Waals surface area contributed by atoms with Gasteiger partial charge in [-0.2, -0.15) is 0 Å². The number of hydrogen-bond acceptors (Lipinski definition) is 2. The number of rotatable bonds is 9. The van der Waals surface area contributed by atoms with E-state index in [1.54, 1.807) is 0 Å². The van der Waals surface area contributed by atoms with E-state index in [2.05, 4.69) is 278 Å². The van der Waals surface area contributed by atoms with E-state index < -0.39 is 13.5 Å². The van der Waals surface area contributed by atoms with Gasteiger partial charge in [0.2, 0.25) is 0 Å². The van der Waals surface area contributed by atoms with Gasteiger partial charge in [0.25, 0.3) is 0 Å². The van der Waals surface area contributed by atoms with Gasteiger partial charge in [-0.05, 0) is 90.3 Å². The topological polar surface area (TPSA) is 16.4 Å². The molecule has 3 heteroatoms. The first-order valence-electron chi connectivity index (χ1n) is 23.5. The van der Waals surface area contributed by atoms with Crippen LogP contribution >= 0.6 is 0 Å². The van der Waals surface area contributed by atoms with E-state index >= 15 is 0 Å². The van der Waals surface area contributed by atoms with Gasteiger partial charge in [-0.1, -0.05) is 237 Å². The molecule has 0 aliphatic heterocycles. The smallest absolute Gasteiger partial charge is 0.179 e. The van der Waals surface area contributed by atoms with Gasteiger partial charge in [0.1, 0.15) is 11.2 Å². The standard InChI is InChI=1S/C65H45NOSi/c1-6-23-47(24-7-1)65(48-25-8-2-9-26-48)57-35-18-16-34-56(57)63-58(65)36-21-38-60(63)66(59-37-20-22-46-40-45-55-54-33-17-19-39-61(54)67-64(55)62(46)59)49-41-43-53(44-42-49)68(50-27-10-3-11-28-50,51-29-12-4-13-30-51)52-31-14-5-15-32-52/h1-45H. The summed E-state index contributed by atoms with van der Waals surface area (Å²) in [5.74, 6) is 0. The highest BCUT2D eigenvalue weighted by Gasteiger charge is 2.47. The van der Waals surface area contributed by atoms with Crippen LogP contribution in [0.1, 0.15) is 22.3 Å². The lowest BCUT2D eigenvalue weighted by molar-refractivity contribution is 0.672. The molecule has 0 fully saturated rings. The molecule has 12 aromatic rings. The Kier molecular flexibility index (Phi) is 9.45. The number of anilines is 3. The summed E-state index contributed by atoms with van der Waals surface area (Å²) < 4.78 is 6.92. The van der Waals surface area contributed by atoms with Crippen LogP contribution in [0.5, 0.6) is 0 Å². The third kappa shape index (κ3) is 5.89. The summed E-state index contributed by atoms with van der Waals surface area (Å²) in [6.07, 6.45) is 0. The van der Waals surface area contributed by atoms with Crippen LogP contribution in [0.25, 0.3) is 43.8 Å². The number of para-hydroxylation sites is 1. The number of furan rings is 1. The summed E-state index contributed by atoms with van der Waals surface area (Å²) in [7, 11) is -2.81. The Morgan fingerprint density at radius 2 is 0.853 bits per heavy atom. The summed E-state index contributed by atoms with van der Waals surface area (Å²) >= 11 is 0. The van der Waals surface area contributed by atoms with Gasteiger partial charge in [-0.3, -0.25) is 0 Å². The van der Waals surface area contributed by atoms with Gasteiger partial charge in [-0.25, -0.2) is 0 Å². The molecule has 0 radical (unpaired) electrons. The van der Waals surface area contributed by atoms with Gasteiger partial charge in [0.05, 0.1) is 16.8 Å². The van der Waals surface area contributed by atoms with Crippen LogP contribution < -0.4 is 25.6 Å². The summed E-state index contributed by atoms with van der Waals surface area (Å²) in [5, 5.41) is 9.78. The fraction of sp³-hybridized carbons (Fsp3) is 0.0154. The van der Waals surface area contributed by atoms with Crippen LogP contribution in [-0.2, 0) is 5.41 Å². The second-order valence-electron chi connectivity index (χ2n) is 17.9. The number of hydrogen-bond donors (Lipinski definition) is 0. The second kappa shape index (κ2) is 16.1. The number of nitrogens with zero attached hydrogens (tertiary/aromatic N) is 1. The highest BCUT2D eigenvalue weighted by atomic mass is 28.3. The van der Waals surface area contributed by atoms with Gasteiger partial charge >= 0.3 is 0 Å². The van der Waals surface area contributed by atoms with E-state index in [1.807, 2.05) is 0 Å². The molecular weight excluding hydrogens is 839 g/mol.